The van der Waals surface area contributed by atoms with Gasteiger partial charge in [-0.15, -0.1) is 11.8 Å². The number of pyridine rings is 1. The highest BCUT2D eigenvalue weighted by atomic mass is 32.2. The van der Waals surface area contributed by atoms with Gasteiger partial charge < -0.3 is 5.11 Å². The number of carbonyl (C=O) groups is 1. The minimum Gasteiger partial charge on any atom is -0.478 e. The highest BCUT2D eigenvalue weighted by molar-refractivity contribution is 7.98. The van der Waals surface area contributed by atoms with E-state index in [1.165, 1.54) is 11.8 Å². The Bertz CT molecular complexity index is 383. The largest absolute Gasteiger partial charge is 0.478 e. The molecule has 1 N–H and O–H groups in total. The molecule has 0 fully saturated rings. The highest BCUT2D eigenvalue weighted by Gasteiger charge is 2.18. The summed E-state index contributed by atoms with van der Waals surface area (Å²) in [4.78, 5) is 15.3. The third-order valence-corrected chi connectivity index (χ3v) is 2.65. The van der Waals surface area contributed by atoms with Crippen LogP contribution in [-0.4, -0.2) is 22.3 Å². The van der Waals surface area contributed by atoms with Crippen molar-refractivity contribution in [3.05, 3.63) is 23.4 Å². The molecule has 1 rings (SSSR count). The van der Waals surface area contributed by atoms with Gasteiger partial charge in [0.2, 0.25) is 0 Å². The first-order valence-corrected chi connectivity index (χ1v) is 5.87. The maximum atomic E-state index is 10.9. The summed E-state index contributed by atoms with van der Waals surface area (Å²) in [7, 11) is 0. The van der Waals surface area contributed by atoms with Crippen LogP contribution in [0.5, 0.6) is 0 Å². The van der Waals surface area contributed by atoms with Gasteiger partial charge in [0, 0.05) is 11.1 Å². The quantitative estimate of drug-likeness (QED) is 0.786. The molecule has 0 aliphatic carbocycles. The van der Waals surface area contributed by atoms with Gasteiger partial charge >= 0.3 is 5.97 Å². The van der Waals surface area contributed by atoms with E-state index in [0.717, 1.165) is 10.7 Å². The van der Waals surface area contributed by atoms with Gasteiger partial charge in [0.25, 0.3) is 0 Å². The Labute approximate surface area is 93.9 Å². The number of carboxylic acids is 1. The van der Waals surface area contributed by atoms with Crippen LogP contribution in [0.25, 0.3) is 0 Å². The van der Waals surface area contributed by atoms with Gasteiger partial charge in [-0.3, -0.25) is 0 Å². The van der Waals surface area contributed by atoms with Crippen molar-refractivity contribution in [3.63, 3.8) is 0 Å². The molecule has 1 aromatic heterocycles. The molecule has 1 heterocycles. The van der Waals surface area contributed by atoms with Crippen LogP contribution in [-0.2, 0) is 5.41 Å². The average molecular weight is 225 g/mol. The zero-order valence-corrected chi connectivity index (χ0v) is 10.2. The molecule has 0 saturated heterocycles. The maximum Gasteiger partial charge on any atom is 0.335 e. The highest BCUT2D eigenvalue weighted by Crippen LogP contribution is 2.24. The Kier molecular flexibility index (Phi) is 3.39. The molecule has 1 aromatic rings. The first-order chi connectivity index (χ1) is 6.84. The first kappa shape index (κ1) is 12.0. The molecule has 0 aliphatic rings. The SMILES string of the molecule is CSc1cc(C(=O)O)cc(C(C)(C)C)n1. The van der Waals surface area contributed by atoms with Crippen molar-refractivity contribution in [2.75, 3.05) is 6.26 Å². The van der Waals surface area contributed by atoms with Crippen LogP contribution < -0.4 is 0 Å². The van der Waals surface area contributed by atoms with Crippen molar-refractivity contribution in [3.8, 4) is 0 Å². The van der Waals surface area contributed by atoms with Crippen LogP contribution in [0.2, 0.25) is 0 Å². The van der Waals surface area contributed by atoms with E-state index >= 15 is 0 Å². The van der Waals surface area contributed by atoms with Gasteiger partial charge in [0.05, 0.1) is 10.6 Å². The molecule has 4 heteroatoms. The van der Waals surface area contributed by atoms with Crippen molar-refractivity contribution < 1.29 is 9.90 Å². The Balaban J connectivity index is 3.30. The molecule has 0 radical (unpaired) electrons. The minimum atomic E-state index is -0.904. The van der Waals surface area contributed by atoms with Gasteiger partial charge in [-0.1, -0.05) is 20.8 Å². The van der Waals surface area contributed by atoms with E-state index in [9.17, 15) is 4.79 Å². The van der Waals surface area contributed by atoms with Crippen molar-refractivity contribution in [2.45, 2.75) is 31.2 Å². The van der Waals surface area contributed by atoms with E-state index < -0.39 is 5.97 Å². The molecule has 82 valence electrons. The normalized spacial score (nSPS) is 11.5. The monoisotopic (exact) mass is 225 g/mol. The standard InChI is InChI=1S/C11H15NO2S/c1-11(2,3)8-5-7(10(13)14)6-9(12-8)15-4/h5-6H,1-4H3,(H,13,14). The van der Waals surface area contributed by atoms with Crippen LogP contribution >= 0.6 is 11.8 Å². The van der Waals surface area contributed by atoms with Crippen LogP contribution in [0.3, 0.4) is 0 Å². The second kappa shape index (κ2) is 4.23. The number of aromatic carboxylic acids is 1. The molecule has 0 aliphatic heterocycles. The zero-order chi connectivity index (χ0) is 11.6. The Morgan fingerprint density at radius 2 is 2.00 bits per heavy atom. The van der Waals surface area contributed by atoms with Crippen molar-refractivity contribution >= 4 is 17.7 Å². The van der Waals surface area contributed by atoms with Gasteiger partial charge in [-0.2, -0.15) is 0 Å². The lowest BCUT2D eigenvalue weighted by atomic mass is 9.91. The lowest BCUT2D eigenvalue weighted by molar-refractivity contribution is 0.0696. The van der Waals surface area contributed by atoms with Crippen molar-refractivity contribution in [1.29, 1.82) is 0 Å². The molecule has 3 nitrogen and oxygen atoms in total. The number of aromatic nitrogens is 1. The minimum absolute atomic E-state index is 0.129. The molecular formula is C11H15NO2S. The molecule has 0 unspecified atom stereocenters. The van der Waals surface area contributed by atoms with E-state index in [4.69, 9.17) is 5.11 Å². The molecular weight excluding hydrogens is 210 g/mol. The number of thioether (sulfide) groups is 1. The van der Waals surface area contributed by atoms with Crippen LogP contribution in [0.15, 0.2) is 17.2 Å². The Hall–Kier alpha value is -1.03. The summed E-state index contributed by atoms with van der Waals surface area (Å²) in [6, 6.07) is 3.24. The van der Waals surface area contributed by atoms with Crippen molar-refractivity contribution in [1.82, 2.24) is 4.98 Å². The van der Waals surface area contributed by atoms with E-state index in [2.05, 4.69) is 4.98 Å². The van der Waals surface area contributed by atoms with E-state index in [0.29, 0.717) is 5.56 Å². The smallest absolute Gasteiger partial charge is 0.335 e. The number of hydrogen-bond acceptors (Lipinski definition) is 3. The number of nitrogens with zero attached hydrogens (tertiary/aromatic N) is 1. The summed E-state index contributed by atoms with van der Waals surface area (Å²) in [5, 5.41) is 9.71. The zero-order valence-electron chi connectivity index (χ0n) is 9.37. The van der Waals surface area contributed by atoms with Gasteiger partial charge in [-0.25, -0.2) is 9.78 Å². The topological polar surface area (TPSA) is 50.2 Å². The fourth-order valence-electron chi connectivity index (χ4n) is 1.12. The summed E-state index contributed by atoms with van der Waals surface area (Å²) in [5.74, 6) is -0.904. The fraction of sp³-hybridized carbons (Fsp3) is 0.455. The summed E-state index contributed by atoms with van der Waals surface area (Å²) < 4.78 is 0. The number of carboxylic acid groups (broad SMARTS) is 1. The second-order valence-electron chi connectivity index (χ2n) is 4.34. The molecule has 0 spiro atoms. The fourth-order valence-corrected chi connectivity index (χ4v) is 1.55. The molecule has 0 aromatic carbocycles. The summed E-state index contributed by atoms with van der Waals surface area (Å²) in [6.07, 6.45) is 1.89. The maximum absolute atomic E-state index is 10.9. The third-order valence-electron chi connectivity index (χ3n) is 2.03. The molecule has 0 atom stereocenters. The second-order valence-corrected chi connectivity index (χ2v) is 5.17. The molecule has 0 saturated carbocycles. The Morgan fingerprint density at radius 3 is 2.40 bits per heavy atom. The summed E-state index contributed by atoms with van der Waals surface area (Å²) >= 11 is 1.46. The van der Waals surface area contributed by atoms with Gasteiger partial charge in [0.1, 0.15) is 0 Å². The average Bonchev–Trinajstić information content (AvgIpc) is 2.15. The summed E-state index contributed by atoms with van der Waals surface area (Å²) in [6.45, 7) is 6.06. The first-order valence-electron chi connectivity index (χ1n) is 4.64. The van der Waals surface area contributed by atoms with Gasteiger partial charge in [-0.05, 0) is 18.4 Å². The third kappa shape index (κ3) is 2.96. The molecule has 15 heavy (non-hydrogen) atoms. The molecule has 0 amide bonds. The van der Waals surface area contributed by atoms with Crippen LogP contribution in [0.4, 0.5) is 0 Å². The van der Waals surface area contributed by atoms with E-state index in [1.54, 1.807) is 12.1 Å². The molecule has 0 bridgehead atoms. The summed E-state index contributed by atoms with van der Waals surface area (Å²) in [5.41, 5.74) is 0.988. The van der Waals surface area contributed by atoms with E-state index in [1.807, 2.05) is 27.0 Å². The predicted octanol–water partition coefficient (Wildman–Crippen LogP) is 2.80. The Morgan fingerprint density at radius 1 is 1.40 bits per heavy atom. The number of hydrogen-bond donors (Lipinski definition) is 1. The lowest BCUT2D eigenvalue weighted by Gasteiger charge is -2.18. The van der Waals surface area contributed by atoms with Crippen LogP contribution in [0.1, 0.15) is 36.8 Å². The number of rotatable bonds is 2. The van der Waals surface area contributed by atoms with E-state index in [-0.39, 0.29) is 5.41 Å². The van der Waals surface area contributed by atoms with Crippen molar-refractivity contribution in [2.24, 2.45) is 0 Å². The van der Waals surface area contributed by atoms with Crippen LogP contribution in [0, 0.1) is 0 Å². The lowest BCUT2D eigenvalue weighted by Crippen LogP contribution is -2.15. The van der Waals surface area contributed by atoms with Gasteiger partial charge in [0.15, 0.2) is 0 Å². The predicted molar refractivity (Wildman–Crippen MR) is 61.7 cm³/mol.